The Hall–Kier alpha value is -3.20. The number of rotatable bonds is 8. The van der Waals surface area contributed by atoms with Crippen LogP contribution in [-0.2, 0) is 14.3 Å². The van der Waals surface area contributed by atoms with Gasteiger partial charge in [0.25, 0.3) is 5.69 Å². The number of thioether (sulfide) groups is 1. The minimum Gasteiger partial charge on any atom is -0.466 e. The zero-order valence-corrected chi connectivity index (χ0v) is 16.9. The fraction of sp³-hybridized carbons (Fsp3) is 0.250. The number of nitro benzene ring substituents is 1. The van der Waals surface area contributed by atoms with Crippen LogP contribution in [0, 0.1) is 10.1 Å². The first-order chi connectivity index (χ1) is 13.8. The highest BCUT2D eigenvalue weighted by atomic mass is 32.2. The lowest BCUT2D eigenvalue weighted by molar-refractivity contribution is -0.387. The van der Waals surface area contributed by atoms with Crippen LogP contribution >= 0.6 is 11.8 Å². The molecule has 0 fully saturated rings. The summed E-state index contributed by atoms with van der Waals surface area (Å²) in [4.78, 5) is 48.3. The van der Waals surface area contributed by atoms with E-state index >= 15 is 0 Å². The summed E-state index contributed by atoms with van der Waals surface area (Å²) in [6.45, 7) is 1.65. The van der Waals surface area contributed by atoms with Crippen LogP contribution in [0.2, 0.25) is 0 Å². The zero-order chi connectivity index (χ0) is 21.6. The molecule has 0 saturated heterocycles. The van der Waals surface area contributed by atoms with Gasteiger partial charge in [0, 0.05) is 17.2 Å². The van der Waals surface area contributed by atoms with Gasteiger partial charge in [-0.15, -0.1) is 11.8 Å². The van der Waals surface area contributed by atoms with Crippen molar-refractivity contribution in [2.75, 3.05) is 13.4 Å². The van der Waals surface area contributed by atoms with Gasteiger partial charge in [-0.1, -0.05) is 25.1 Å². The van der Waals surface area contributed by atoms with Gasteiger partial charge in [-0.3, -0.25) is 14.9 Å². The average Bonchev–Trinajstić information content (AvgIpc) is 2.75. The Morgan fingerprint density at radius 2 is 1.79 bits per heavy atom. The molecule has 0 bridgehead atoms. The molecule has 2 rings (SSSR count). The quantitative estimate of drug-likeness (QED) is 0.210. The molecule has 0 radical (unpaired) electrons. The number of benzene rings is 2. The standard InChI is InChI=1S/C20H19NO7S/c1-4-16(20(24)27-2)28-19(23)14-8-6-5-7-13(14)18(22)12-9-10-17(29-3)15(11-12)21(25)26/h5-11,16H,4H2,1-3H3. The molecule has 8 nitrogen and oxygen atoms in total. The van der Waals surface area contributed by atoms with Crippen LogP contribution in [0.15, 0.2) is 47.4 Å². The van der Waals surface area contributed by atoms with Crippen molar-refractivity contribution in [1.82, 2.24) is 0 Å². The molecule has 1 unspecified atom stereocenters. The first-order valence-corrected chi connectivity index (χ1v) is 9.81. The minimum atomic E-state index is -1.10. The van der Waals surface area contributed by atoms with Crippen LogP contribution < -0.4 is 0 Å². The third kappa shape index (κ3) is 5.00. The Labute approximate surface area is 171 Å². The molecular weight excluding hydrogens is 398 g/mol. The van der Waals surface area contributed by atoms with Crippen molar-refractivity contribution in [2.45, 2.75) is 24.3 Å². The van der Waals surface area contributed by atoms with Crippen molar-refractivity contribution >= 4 is 35.2 Å². The van der Waals surface area contributed by atoms with E-state index in [1.54, 1.807) is 25.3 Å². The van der Waals surface area contributed by atoms with Crippen molar-refractivity contribution in [3.8, 4) is 0 Å². The maximum absolute atomic E-state index is 13.0. The highest BCUT2D eigenvalue weighted by molar-refractivity contribution is 7.98. The molecule has 29 heavy (non-hydrogen) atoms. The molecule has 1 atom stereocenters. The predicted molar refractivity (Wildman–Crippen MR) is 106 cm³/mol. The zero-order valence-electron chi connectivity index (χ0n) is 16.0. The number of carbonyl (C=O) groups excluding carboxylic acids is 3. The van der Waals surface area contributed by atoms with E-state index in [1.165, 1.54) is 49.2 Å². The summed E-state index contributed by atoms with van der Waals surface area (Å²) < 4.78 is 9.78. The third-order valence-electron chi connectivity index (χ3n) is 4.11. The summed E-state index contributed by atoms with van der Waals surface area (Å²) in [6, 6.07) is 10.1. The molecule has 0 aromatic heterocycles. The molecule has 0 N–H and O–H groups in total. The summed E-state index contributed by atoms with van der Waals surface area (Å²) in [5, 5.41) is 11.3. The lowest BCUT2D eigenvalue weighted by atomic mass is 9.98. The summed E-state index contributed by atoms with van der Waals surface area (Å²) in [6.07, 6.45) is 0.801. The lowest BCUT2D eigenvalue weighted by Gasteiger charge is -2.15. The van der Waals surface area contributed by atoms with E-state index in [0.717, 1.165) is 0 Å². The first-order valence-electron chi connectivity index (χ1n) is 8.59. The van der Waals surface area contributed by atoms with Gasteiger partial charge in [-0.2, -0.15) is 0 Å². The topological polar surface area (TPSA) is 113 Å². The summed E-state index contributed by atoms with van der Waals surface area (Å²) in [5.74, 6) is -2.13. The van der Waals surface area contributed by atoms with Gasteiger partial charge in [0.15, 0.2) is 11.9 Å². The maximum atomic E-state index is 13.0. The lowest BCUT2D eigenvalue weighted by Crippen LogP contribution is -2.28. The van der Waals surface area contributed by atoms with Gasteiger partial charge in [-0.05, 0) is 30.9 Å². The molecule has 0 amide bonds. The van der Waals surface area contributed by atoms with E-state index in [0.29, 0.717) is 4.90 Å². The number of esters is 2. The summed E-state index contributed by atoms with van der Waals surface area (Å²) in [5.41, 5.74) is -0.158. The second-order valence-corrected chi connectivity index (χ2v) is 6.69. The smallest absolute Gasteiger partial charge is 0.347 e. The molecule has 2 aromatic rings. The van der Waals surface area contributed by atoms with E-state index in [-0.39, 0.29) is 28.8 Å². The second kappa shape index (κ2) is 9.83. The molecule has 2 aromatic carbocycles. The van der Waals surface area contributed by atoms with Crippen LogP contribution in [0.3, 0.4) is 0 Å². The SMILES string of the molecule is CCC(OC(=O)c1ccccc1C(=O)c1ccc(SC)c([N+](=O)[O-])c1)C(=O)OC. The minimum absolute atomic E-state index is 0.0171. The summed E-state index contributed by atoms with van der Waals surface area (Å²) >= 11 is 1.19. The van der Waals surface area contributed by atoms with E-state index in [2.05, 4.69) is 4.74 Å². The molecule has 0 saturated carbocycles. The van der Waals surface area contributed by atoms with Crippen molar-refractivity contribution in [3.05, 3.63) is 69.3 Å². The second-order valence-electron chi connectivity index (χ2n) is 5.84. The molecule has 152 valence electrons. The van der Waals surface area contributed by atoms with Crippen LogP contribution in [0.5, 0.6) is 0 Å². The van der Waals surface area contributed by atoms with Gasteiger partial charge in [0.1, 0.15) is 0 Å². The first kappa shape index (κ1) is 22.1. The third-order valence-corrected chi connectivity index (χ3v) is 4.90. The largest absolute Gasteiger partial charge is 0.466 e. The highest BCUT2D eigenvalue weighted by Crippen LogP contribution is 2.29. The van der Waals surface area contributed by atoms with Gasteiger partial charge >= 0.3 is 11.9 Å². The highest BCUT2D eigenvalue weighted by Gasteiger charge is 2.26. The van der Waals surface area contributed by atoms with Gasteiger partial charge < -0.3 is 9.47 Å². The van der Waals surface area contributed by atoms with Gasteiger partial charge in [0.2, 0.25) is 0 Å². The molecule has 0 heterocycles. The Balaban J connectivity index is 2.41. The monoisotopic (exact) mass is 417 g/mol. The molecule has 0 aliphatic rings. The van der Waals surface area contributed by atoms with Gasteiger partial charge in [0.05, 0.1) is 22.5 Å². The normalized spacial score (nSPS) is 11.4. The summed E-state index contributed by atoms with van der Waals surface area (Å²) in [7, 11) is 1.18. The number of ether oxygens (including phenoxy) is 2. The number of ketones is 1. The Kier molecular flexibility index (Phi) is 7.49. The Morgan fingerprint density at radius 3 is 2.34 bits per heavy atom. The molecule has 0 aliphatic heterocycles. The van der Waals surface area contributed by atoms with E-state index < -0.39 is 28.7 Å². The van der Waals surface area contributed by atoms with Crippen molar-refractivity contribution in [3.63, 3.8) is 0 Å². The van der Waals surface area contributed by atoms with E-state index in [9.17, 15) is 24.5 Å². The number of nitrogens with zero attached hydrogens (tertiary/aromatic N) is 1. The van der Waals surface area contributed by atoms with Gasteiger partial charge in [-0.25, -0.2) is 9.59 Å². The average molecular weight is 417 g/mol. The Morgan fingerprint density at radius 1 is 1.14 bits per heavy atom. The maximum Gasteiger partial charge on any atom is 0.347 e. The molecule has 9 heteroatoms. The van der Waals surface area contributed by atoms with Crippen LogP contribution in [0.4, 0.5) is 5.69 Å². The van der Waals surface area contributed by atoms with Crippen molar-refractivity contribution < 1.29 is 28.8 Å². The fourth-order valence-electron chi connectivity index (χ4n) is 2.61. The number of hydrogen-bond acceptors (Lipinski definition) is 8. The molecule has 0 aliphatic carbocycles. The van der Waals surface area contributed by atoms with Crippen LogP contribution in [0.25, 0.3) is 0 Å². The van der Waals surface area contributed by atoms with E-state index in [4.69, 9.17) is 4.74 Å². The van der Waals surface area contributed by atoms with Crippen molar-refractivity contribution in [2.24, 2.45) is 0 Å². The predicted octanol–water partition coefficient (Wildman–Crippen LogP) is 3.66. The number of carbonyl (C=O) groups is 3. The Bertz CT molecular complexity index is 958. The van der Waals surface area contributed by atoms with E-state index in [1.807, 2.05) is 0 Å². The molecule has 0 spiro atoms. The number of hydrogen-bond donors (Lipinski definition) is 0. The number of methoxy groups -OCH3 is 1. The van der Waals surface area contributed by atoms with Crippen molar-refractivity contribution in [1.29, 1.82) is 0 Å². The van der Waals surface area contributed by atoms with Crippen LogP contribution in [-0.4, -0.2) is 42.1 Å². The number of nitro groups is 1. The molecular formula is C20H19NO7S. The van der Waals surface area contributed by atoms with Crippen LogP contribution in [0.1, 0.15) is 39.6 Å². The fourth-order valence-corrected chi connectivity index (χ4v) is 3.16.